The Labute approximate surface area is 121 Å². The Morgan fingerprint density at radius 3 is 2.84 bits per heavy atom. The fourth-order valence-electron chi connectivity index (χ4n) is 1.35. The first kappa shape index (κ1) is 15.9. The molecule has 0 bridgehead atoms. The summed E-state index contributed by atoms with van der Waals surface area (Å²) in [6.45, 7) is 1.85. The molecule has 1 N–H and O–H groups in total. The van der Waals surface area contributed by atoms with Gasteiger partial charge in [-0.2, -0.15) is 11.8 Å². The van der Waals surface area contributed by atoms with Gasteiger partial charge in [-0.3, -0.25) is 9.59 Å². The lowest BCUT2D eigenvalue weighted by molar-refractivity contribution is -0.140. The van der Waals surface area contributed by atoms with Gasteiger partial charge in [0.1, 0.15) is 0 Å². The monoisotopic (exact) mass is 301 g/mol. The number of hydrogen-bond donors (Lipinski definition) is 1. The number of amides is 1. The molecule has 4 nitrogen and oxygen atoms in total. The summed E-state index contributed by atoms with van der Waals surface area (Å²) >= 11 is 7.36. The summed E-state index contributed by atoms with van der Waals surface area (Å²) in [4.78, 5) is 22.6. The molecule has 0 aliphatic rings. The molecule has 104 valence electrons. The molecule has 1 aromatic carbocycles. The minimum Gasteiger partial charge on any atom is -0.469 e. The van der Waals surface area contributed by atoms with E-state index in [9.17, 15) is 9.59 Å². The van der Waals surface area contributed by atoms with Gasteiger partial charge in [0.15, 0.2) is 0 Å². The highest BCUT2D eigenvalue weighted by Gasteiger charge is 2.07. The van der Waals surface area contributed by atoms with E-state index in [1.165, 1.54) is 18.9 Å². The molecule has 0 radical (unpaired) electrons. The number of thioether (sulfide) groups is 1. The van der Waals surface area contributed by atoms with E-state index >= 15 is 0 Å². The first-order chi connectivity index (χ1) is 9.04. The summed E-state index contributed by atoms with van der Waals surface area (Å²) in [5, 5.41) is 3.41. The van der Waals surface area contributed by atoms with Gasteiger partial charge in [-0.1, -0.05) is 17.7 Å². The number of ether oxygens (including phenoxy) is 1. The fraction of sp³-hybridized carbons (Fsp3) is 0.385. The number of benzene rings is 1. The van der Waals surface area contributed by atoms with Crippen LogP contribution >= 0.6 is 23.4 Å². The van der Waals surface area contributed by atoms with Crippen LogP contribution in [0.2, 0.25) is 5.02 Å². The Morgan fingerprint density at radius 2 is 2.16 bits per heavy atom. The third kappa shape index (κ3) is 5.53. The Hall–Kier alpha value is -1.20. The second-order valence-electron chi connectivity index (χ2n) is 3.84. The maximum atomic E-state index is 11.7. The highest BCUT2D eigenvalue weighted by Crippen LogP contribution is 2.23. The molecule has 0 aliphatic heterocycles. The predicted octanol–water partition coefficient (Wildman–Crippen LogP) is 2.88. The van der Waals surface area contributed by atoms with Gasteiger partial charge in [0.05, 0.1) is 19.3 Å². The van der Waals surface area contributed by atoms with Crippen molar-refractivity contribution in [1.82, 2.24) is 0 Å². The van der Waals surface area contributed by atoms with Gasteiger partial charge < -0.3 is 10.1 Å². The van der Waals surface area contributed by atoms with E-state index in [-0.39, 0.29) is 11.9 Å². The number of hydrogen-bond acceptors (Lipinski definition) is 4. The average molecular weight is 302 g/mol. The second kappa shape index (κ2) is 8.07. The van der Waals surface area contributed by atoms with Crippen LogP contribution in [0, 0.1) is 6.92 Å². The van der Waals surface area contributed by atoms with E-state index < -0.39 is 0 Å². The van der Waals surface area contributed by atoms with E-state index in [1.54, 1.807) is 18.2 Å². The van der Waals surface area contributed by atoms with Gasteiger partial charge >= 0.3 is 5.97 Å². The highest BCUT2D eigenvalue weighted by atomic mass is 35.5. The lowest BCUT2D eigenvalue weighted by atomic mass is 10.2. The number of rotatable bonds is 6. The van der Waals surface area contributed by atoms with Crippen molar-refractivity contribution in [1.29, 1.82) is 0 Å². The molecule has 0 aromatic heterocycles. The van der Waals surface area contributed by atoms with Crippen LogP contribution in [0.5, 0.6) is 0 Å². The first-order valence-corrected chi connectivity index (χ1v) is 7.27. The molecule has 0 heterocycles. The molecule has 1 rings (SSSR count). The number of anilines is 1. The molecule has 1 aromatic rings. The summed E-state index contributed by atoms with van der Waals surface area (Å²) in [7, 11) is 1.35. The largest absolute Gasteiger partial charge is 0.469 e. The molecule has 1 amide bonds. The molecule has 0 aliphatic carbocycles. The summed E-state index contributed by atoms with van der Waals surface area (Å²) < 4.78 is 4.51. The van der Waals surface area contributed by atoms with Gasteiger partial charge in [0.25, 0.3) is 0 Å². The van der Waals surface area contributed by atoms with Gasteiger partial charge in [0, 0.05) is 16.5 Å². The zero-order valence-electron chi connectivity index (χ0n) is 10.9. The topological polar surface area (TPSA) is 55.4 Å². The highest BCUT2D eigenvalue weighted by molar-refractivity contribution is 7.99. The first-order valence-electron chi connectivity index (χ1n) is 5.74. The number of esters is 1. The molecule has 0 unspecified atom stereocenters. The van der Waals surface area contributed by atoms with Crippen molar-refractivity contribution in [3.8, 4) is 0 Å². The summed E-state index contributed by atoms with van der Waals surface area (Å²) in [5.41, 5.74) is 1.56. The second-order valence-corrected chi connectivity index (χ2v) is 5.35. The standard InChI is InChI=1S/C13H16ClNO3S/c1-9-10(14)4-3-5-11(9)15-12(16)8-19-7-6-13(17)18-2/h3-5H,6-8H2,1-2H3,(H,15,16). The molecule has 0 saturated carbocycles. The maximum absolute atomic E-state index is 11.7. The molecule has 0 spiro atoms. The fourth-order valence-corrected chi connectivity index (χ4v) is 2.24. The number of carbonyl (C=O) groups excluding carboxylic acids is 2. The van der Waals surface area contributed by atoms with E-state index in [2.05, 4.69) is 10.1 Å². The van der Waals surface area contributed by atoms with Crippen molar-refractivity contribution >= 4 is 40.9 Å². The van der Waals surface area contributed by atoms with Crippen molar-refractivity contribution in [2.75, 3.05) is 23.9 Å². The molecule has 0 fully saturated rings. The van der Waals surface area contributed by atoms with Crippen molar-refractivity contribution in [3.63, 3.8) is 0 Å². The normalized spacial score (nSPS) is 10.1. The van der Waals surface area contributed by atoms with Crippen molar-refractivity contribution < 1.29 is 14.3 Å². The summed E-state index contributed by atoms with van der Waals surface area (Å²) in [5.74, 6) is 0.483. The van der Waals surface area contributed by atoms with Gasteiger partial charge in [-0.05, 0) is 24.6 Å². The lowest BCUT2D eigenvalue weighted by Crippen LogP contribution is -2.15. The Balaban J connectivity index is 2.35. The smallest absolute Gasteiger partial charge is 0.306 e. The molecule has 19 heavy (non-hydrogen) atoms. The third-order valence-electron chi connectivity index (χ3n) is 2.45. The predicted molar refractivity (Wildman–Crippen MR) is 78.8 cm³/mol. The molecule has 6 heteroatoms. The van der Waals surface area contributed by atoms with Gasteiger partial charge in [-0.15, -0.1) is 0 Å². The zero-order chi connectivity index (χ0) is 14.3. The van der Waals surface area contributed by atoms with Crippen molar-refractivity contribution in [3.05, 3.63) is 28.8 Å². The van der Waals surface area contributed by atoms with E-state index in [0.29, 0.717) is 28.6 Å². The minimum absolute atomic E-state index is 0.111. The number of nitrogens with one attached hydrogen (secondary N) is 1. The maximum Gasteiger partial charge on any atom is 0.306 e. The van der Waals surface area contributed by atoms with Crippen molar-refractivity contribution in [2.45, 2.75) is 13.3 Å². The SMILES string of the molecule is COC(=O)CCSCC(=O)Nc1cccc(Cl)c1C. The van der Waals surface area contributed by atoms with E-state index in [0.717, 1.165) is 5.56 Å². The summed E-state index contributed by atoms with van der Waals surface area (Å²) in [6.07, 6.45) is 0.310. The molecule has 0 atom stereocenters. The third-order valence-corrected chi connectivity index (χ3v) is 3.82. The quantitative estimate of drug-likeness (QED) is 0.648. The Morgan fingerprint density at radius 1 is 1.42 bits per heavy atom. The van der Waals surface area contributed by atoms with Crippen LogP contribution in [0.1, 0.15) is 12.0 Å². The number of methoxy groups -OCH3 is 1. The van der Waals surface area contributed by atoms with Crippen LogP contribution in [0.15, 0.2) is 18.2 Å². The molecule has 0 saturated heterocycles. The number of carbonyl (C=O) groups is 2. The zero-order valence-corrected chi connectivity index (χ0v) is 12.4. The Kier molecular flexibility index (Phi) is 6.73. The van der Waals surface area contributed by atoms with E-state index in [1.807, 2.05) is 6.92 Å². The Bertz CT molecular complexity index is 465. The van der Waals surface area contributed by atoms with Crippen LogP contribution in [-0.4, -0.2) is 30.5 Å². The number of halogens is 1. The lowest BCUT2D eigenvalue weighted by Gasteiger charge is -2.09. The van der Waals surface area contributed by atoms with Gasteiger partial charge in [-0.25, -0.2) is 0 Å². The van der Waals surface area contributed by atoms with Crippen LogP contribution in [0.4, 0.5) is 5.69 Å². The average Bonchev–Trinajstić information content (AvgIpc) is 2.39. The summed E-state index contributed by atoms with van der Waals surface area (Å²) in [6, 6.07) is 5.37. The van der Waals surface area contributed by atoms with Crippen LogP contribution in [0.25, 0.3) is 0 Å². The van der Waals surface area contributed by atoms with Crippen LogP contribution in [-0.2, 0) is 14.3 Å². The minimum atomic E-state index is -0.265. The van der Waals surface area contributed by atoms with Crippen molar-refractivity contribution in [2.24, 2.45) is 0 Å². The van der Waals surface area contributed by atoms with Crippen LogP contribution in [0.3, 0.4) is 0 Å². The molecular formula is C13H16ClNO3S. The van der Waals surface area contributed by atoms with Gasteiger partial charge in [0.2, 0.25) is 5.91 Å². The molecular weight excluding hydrogens is 286 g/mol. The van der Waals surface area contributed by atoms with E-state index in [4.69, 9.17) is 11.6 Å². The van der Waals surface area contributed by atoms with Crippen LogP contribution < -0.4 is 5.32 Å².